The molecule has 0 unspecified atom stereocenters. The van der Waals surface area contributed by atoms with Crippen LogP contribution in [0, 0.1) is 5.92 Å². The molecule has 0 aromatic carbocycles. The summed E-state index contributed by atoms with van der Waals surface area (Å²) < 4.78 is 6.59. The molecule has 2 aromatic rings. The van der Waals surface area contributed by atoms with Crippen LogP contribution in [-0.4, -0.2) is 24.7 Å². The highest BCUT2D eigenvalue weighted by Crippen LogP contribution is 2.34. The first-order chi connectivity index (χ1) is 9.28. The molecule has 4 heteroatoms. The molecule has 102 valence electrons. The SMILES string of the molecule is COC[C@H](N[C@H](C)c1cnc2ccsc2c1)C1CC1. The Hall–Kier alpha value is -0.970. The minimum atomic E-state index is 0.319. The van der Waals surface area contributed by atoms with Crippen molar-refractivity contribution in [1.29, 1.82) is 0 Å². The summed E-state index contributed by atoms with van der Waals surface area (Å²) in [5.41, 5.74) is 2.35. The number of aromatic nitrogens is 1. The monoisotopic (exact) mass is 276 g/mol. The second-order valence-corrected chi connectivity index (χ2v) is 6.31. The maximum Gasteiger partial charge on any atom is 0.0809 e. The first-order valence-electron chi connectivity index (χ1n) is 6.86. The zero-order valence-corrected chi connectivity index (χ0v) is 12.2. The van der Waals surface area contributed by atoms with Crippen LogP contribution in [0.3, 0.4) is 0 Å². The van der Waals surface area contributed by atoms with Crippen LogP contribution in [0.15, 0.2) is 23.7 Å². The number of thiophene rings is 1. The number of ether oxygens (including phenoxy) is 1. The zero-order chi connectivity index (χ0) is 13.2. The fraction of sp³-hybridized carbons (Fsp3) is 0.533. The lowest BCUT2D eigenvalue weighted by atomic mass is 10.1. The van der Waals surface area contributed by atoms with Crippen molar-refractivity contribution >= 4 is 21.6 Å². The standard InChI is InChI=1S/C15H20N2OS/c1-10(17-14(9-18-2)11-3-4-11)12-7-15-13(16-8-12)5-6-19-15/h5-8,10-11,14,17H,3-4,9H2,1-2H3/t10-,14+/m1/s1. The van der Waals surface area contributed by atoms with Crippen LogP contribution in [0.5, 0.6) is 0 Å². The number of methoxy groups -OCH3 is 1. The van der Waals surface area contributed by atoms with Crippen LogP contribution in [0.1, 0.15) is 31.4 Å². The molecule has 0 spiro atoms. The van der Waals surface area contributed by atoms with Crippen LogP contribution in [-0.2, 0) is 4.74 Å². The largest absolute Gasteiger partial charge is 0.383 e. The molecule has 0 aliphatic heterocycles. The zero-order valence-electron chi connectivity index (χ0n) is 11.4. The summed E-state index contributed by atoms with van der Waals surface area (Å²) >= 11 is 1.75. The lowest BCUT2D eigenvalue weighted by Gasteiger charge is -2.22. The second kappa shape index (κ2) is 5.57. The van der Waals surface area contributed by atoms with Gasteiger partial charge in [0.1, 0.15) is 0 Å². The van der Waals surface area contributed by atoms with Crippen LogP contribution < -0.4 is 5.32 Å². The summed E-state index contributed by atoms with van der Waals surface area (Å²) in [6.45, 7) is 3.01. The van der Waals surface area contributed by atoms with E-state index in [1.165, 1.54) is 23.1 Å². The first-order valence-corrected chi connectivity index (χ1v) is 7.74. The number of hydrogen-bond donors (Lipinski definition) is 1. The molecule has 1 aliphatic carbocycles. The summed E-state index contributed by atoms with van der Waals surface area (Å²) in [4.78, 5) is 4.52. The minimum Gasteiger partial charge on any atom is -0.383 e. The molecule has 0 saturated heterocycles. The molecule has 1 aliphatic rings. The number of pyridine rings is 1. The summed E-state index contributed by atoms with van der Waals surface area (Å²) in [6.07, 6.45) is 4.65. The van der Waals surface area contributed by atoms with E-state index >= 15 is 0 Å². The van der Waals surface area contributed by atoms with Gasteiger partial charge in [-0.15, -0.1) is 11.3 Å². The average Bonchev–Trinajstić information content (AvgIpc) is 3.15. The highest BCUT2D eigenvalue weighted by atomic mass is 32.1. The highest BCUT2D eigenvalue weighted by molar-refractivity contribution is 7.17. The molecule has 0 bridgehead atoms. The van der Waals surface area contributed by atoms with Gasteiger partial charge < -0.3 is 10.1 Å². The van der Waals surface area contributed by atoms with E-state index in [4.69, 9.17) is 4.74 Å². The van der Waals surface area contributed by atoms with E-state index in [0.29, 0.717) is 12.1 Å². The van der Waals surface area contributed by atoms with Gasteiger partial charge >= 0.3 is 0 Å². The lowest BCUT2D eigenvalue weighted by molar-refractivity contribution is 0.152. The van der Waals surface area contributed by atoms with E-state index in [2.05, 4.69) is 34.7 Å². The molecule has 0 amide bonds. The van der Waals surface area contributed by atoms with E-state index < -0.39 is 0 Å². The maximum atomic E-state index is 5.32. The Labute approximate surface area is 118 Å². The topological polar surface area (TPSA) is 34.1 Å². The van der Waals surface area contributed by atoms with Gasteiger partial charge in [-0.3, -0.25) is 4.98 Å². The van der Waals surface area contributed by atoms with Crippen molar-refractivity contribution < 1.29 is 4.74 Å². The van der Waals surface area contributed by atoms with E-state index in [-0.39, 0.29) is 0 Å². The van der Waals surface area contributed by atoms with Crippen LogP contribution in [0.25, 0.3) is 10.2 Å². The quantitative estimate of drug-likeness (QED) is 0.878. The summed E-state index contributed by atoms with van der Waals surface area (Å²) in [7, 11) is 1.78. The molecule has 19 heavy (non-hydrogen) atoms. The second-order valence-electron chi connectivity index (χ2n) is 5.36. The molecule has 3 rings (SSSR count). The Morgan fingerprint density at radius 1 is 1.53 bits per heavy atom. The maximum absolute atomic E-state index is 5.32. The third-order valence-corrected chi connectivity index (χ3v) is 4.68. The van der Waals surface area contributed by atoms with E-state index in [9.17, 15) is 0 Å². The van der Waals surface area contributed by atoms with Gasteiger partial charge in [-0.2, -0.15) is 0 Å². The highest BCUT2D eigenvalue weighted by Gasteiger charge is 2.31. The van der Waals surface area contributed by atoms with Gasteiger partial charge in [0.15, 0.2) is 0 Å². The summed E-state index contributed by atoms with van der Waals surface area (Å²) in [5, 5.41) is 5.79. The van der Waals surface area contributed by atoms with Crippen molar-refractivity contribution in [2.75, 3.05) is 13.7 Å². The van der Waals surface area contributed by atoms with E-state index in [1.807, 2.05) is 6.20 Å². The number of fused-ring (bicyclic) bond motifs is 1. The van der Waals surface area contributed by atoms with E-state index in [1.54, 1.807) is 18.4 Å². The lowest BCUT2D eigenvalue weighted by Crippen LogP contribution is -2.37. The van der Waals surface area contributed by atoms with Gasteiger partial charge in [0.05, 0.1) is 16.8 Å². The van der Waals surface area contributed by atoms with Gasteiger partial charge in [-0.25, -0.2) is 0 Å². The number of nitrogens with zero attached hydrogens (tertiary/aromatic N) is 1. The normalized spacial score (nSPS) is 18.6. The Morgan fingerprint density at radius 3 is 3.11 bits per heavy atom. The van der Waals surface area contributed by atoms with Crippen molar-refractivity contribution in [3.05, 3.63) is 29.3 Å². The first kappa shape index (κ1) is 13.0. The molecule has 1 fully saturated rings. The van der Waals surface area contributed by atoms with Crippen molar-refractivity contribution in [1.82, 2.24) is 10.3 Å². The van der Waals surface area contributed by atoms with Crippen molar-refractivity contribution in [3.8, 4) is 0 Å². The third-order valence-electron chi connectivity index (χ3n) is 3.83. The Balaban J connectivity index is 1.72. The molecule has 2 aromatic heterocycles. The predicted molar refractivity (Wildman–Crippen MR) is 79.6 cm³/mol. The molecule has 1 saturated carbocycles. The van der Waals surface area contributed by atoms with Gasteiger partial charge in [-0.05, 0) is 48.8 Å². The summed E-state index contributed by atoms with van der Waals surface area (Å²) in [6, 6.07) is 5.11. The molecule has 2 heterocycles. The average molecular weight is 276 g/mol. The van der Waals surface area contributed by atoms with Crippen LogP contribution in [0.4, 0.5) is 0 Å². The van der Waals surface area contributed by atoms with Gasteiger partial charge in [-0.1, -0.05) is 0 Å². The molecular weight excluding hydrogens is 256 g/mol. The summed E-state index contributed by atoms with van der Waals surface area (Å²) in [5.74, 6) is 0.792. The molecule has 3 nitrogen and oxygen atoms in total. The van der Waals surface area contributed by atoms with Crippen molar-refractivity contribution in [2.45, 2.75) is 31.8 Å². The molecule has 0 radical (unpaired) electrons. The minimum absolute atomic E-state index is 0.319. The Morgan fingerprint density at radius 2 is 2.37 bits per heavy atom. The Kier molecular flexibility index (Phi) is 3.82. The smallest absolute Gasteiger partial charge is 0.0809 e. The van der Waals surface area contributed by atoms with Crippen molar-refractivity contribution in [3.63, 3.8) is 0 Å². The van der Waals surface area contributed by atoms with Crippen LogP contribution >= 0.6 is 11.3 Å². The number of rotatable bonds is 6. The number of nitrogens with one attached hydrogen (secondary N) is 1. The fourth-order valence-corrected chi connectivity index (χ4v) is 3.30. The van der Waals surface area contributed by atoms with Crippen LogP contribution in [0.2, 0.25) is 0 Å². The Bertz CT molecular complexity index is 550. The molecule has 1 N–H and O–H groups in total. The number of hydrogen-bond acceptors (Lipinski definition) is 4. The van der Waals surface area contributed by atoms with E-state index in [0.717, 1.165) is 18.0 Å². The molecular formula is C15H20N2OS. The van der Waals surface area contributed by atoms with Gasteiger partial charge in [0, 0.05) is 25.4 Å². The fourth-order valence-electron chi connectivity index (χ4n) is 2.51. The van der Waals surface area contributed by atoms with Gasteiger partial charge in [0.25, 0.3) is 0 Å². The molecule has 2 atom stereocenters. The van der Waals surface area contributed by atoms with Gasteiger partial charge in [0.2, 0.25) is 0 Å². The van der Waals surface area contributed by atoms with Crippen molar-refractivity contribution in [2.24, 2.45) is 5.92 Å². The third kappa shape index (κ3) is 2.96. The predicted octanol–water partition coefficient (Wildman–Crippen LogP) is 3.37.